The van der Waals surface area contributed by atoms with Crippen LogP contribution < -0.4 is 5.32 Å². The van der Waals surface area contributed by atoms with E-state index in [2.05, 4.69) is 5.32 Å². The van der Waals surface area contributed by atoms with E-state index >= 15 is 0 Å². The fraction of sp³-hybridized carbons (Fsp3) is 0.778. The van der Waals surface area contributed by atoms with Gasteiger partial charge in [0.05, 0.1) is 24.8 Å². The van der Waals surface area contributed by atoms with Crippen LogP contribution in [0.15, 0.2) is 0 Å². The van der Waals surface area contributed by atoms with Crippen LogP contribution in [0, 0.1) is 16.7 Å². The number of carbonyl (C=O) groups is 1. The third-order valence-electron chi connectivity index (χ3n) is 1.96. The highest BCUT2D eigenvalue weighted by Crippen LogP contribution is 2.15. The molecule has 0 aromatic rings. The number of nitrogens with zero attached hydrogens (tertiary/aromatic N) is 1. The molecule has 0 saturated carbocycles. The Labute approximate surface area is 83.4 Å². The molecule has 5 nitrogen and oxygen atoms in total. The second-order valence-corrected chi connectivity index (χ2v) is 4.07. The molecular formula is C9H16N2O3. The van der Waals surface area contributed by atoms with Crippen LogP contribution in [0.5, 0.6) is 0 Å². The minimum atomic E-state index is -1.16. The predicted octanol–water partition coefficient (Wildman–Crippen LogP) is -0.604. The molecule has 0 fully saturated rings. The van der Waals surface area contributed by atoms with Gasteiger partial charge in [0.15, 0.2) is 0 Å². The molecule has 0 radical (unpaired) electrons. The Morgan fingerprint density at radius 3 is 2.07 bits per heavy atom. The highest BCUT2D eigenvalue weighted by atomic mass is 16.3. The predicted molar refractivity (Wildman–Crippen MR) is 50.1 cm³/mol. The molecule has 0 unspecified atom stereocenters. The van der Waals surface area contributed by atoms with E-state index in [1.807, 2.05) is 6.07 Å². The number of amides is 1. The van der Waals surface area contributed by atoms with Crippen LogP contribution in [-0.4, -0.2) is 34.9 Å². The van der Waals surface area contributed by atoms with Crippen molar-refractivity contribution in [2.24, 2.45) is 5.41 Å². The number of nitrogens with one attached hydrogen (secondary N) is 1. The summed E-state index contributed by atoms with van der Waals surface area (Å²) in [5.41, 5.74) is -2.24. The zero-order chi connectivity index (χ0) is 11.4. The van der Waals surface area contributed by atoms with Gasteiger partial charge < -0.3 is 15.5 Å². The second-order valence-electron chi connectivity index (χ2n) is 4.07. The van der Waals surface area contributed by atoms with Crippen molar-refractivity contribution >= 4 is 5.91 Å². The first-order valence-corrected chi connectivity index (χ1v) is 4.27. The summed E-state index contributed by atoms with van der Waals surface area (Å²) in [6.45, 7) is 3.68. The molecule has 5 heteroatoms. The molecule has 0 aliphatic carbocycles. The molecule has 0 aromatic carbocycles. The summed E-state index contributed by atoms with van der Waals surface area (Å²) < 4.78 is 0. The van der Waals surface area contributed by atoms with Gasteiger partial charge in [-0.3, -0.25) is 4.79 Å². The minimum absolute atomic E-state index is 0.378. The smallest absolute Gasteiger partial charge is 0.240 e. The number of carbonyl (C=O) groups excluding carboxylic acids is 1. The van der Waals surface area contributed by atoms with E-state index in [0.717, 1.165) is 0 Å². The van der Waals surface area contributed by atoms with E-state index in [1.165, 1.54) is 20.8 Å². The van der Waals surface area contributed by atoms with Crippen molar-refractivity contribution in [3.63, 3.8) is 0 Å². The van der Waals surface area contributed by atoms with Crippen LogP contribution in [0.25, 0.3) is 0 Å². The van der Waals surface area contributed by atoms with Crippen LogP contribution >= 0.6 is 0 Å². The SMILES string of the molecule is CC(CO)(CO)NC(=O)C(C)(C)C#N. The van der Waals surface area contributed by atoms with E-state index in [-0.39, 0.29) is 13.2 Å². The lowest BCUT2D eigenvalue weighted by Gasteiger charge is -2.29. The van der Waals surface area contributed by atoms with Gasteiger partial charge in [-0.2, -0.15) is 5.26 Å². The molecule has 0 aliphatic rings. The highest BCUT2D eigenvalue weighted by Gasteiger charge is 2.33. The number of aliphatic hydroxyl groups excluding tert-OH is 2. The van der Waals surface area contributed by atoms with Gasteiger partial charge in [-0.25, -0.2) is 0 Å². The Balaban J connectivity index is 4.55. The minimum Gasteiger partial charge on any atom is -0.394 e. The lowest BCUT2D eigenvalue weighted by atomic mass is 9.92. The molecule has 0 rings (SSSR count). The first-order valence-electron chi connectivity index (χ1n) is 4.27. The zero-order valence-corrected chi connectivity index (χ0v) is 8.66. The molecule has 0 atom stereocenters. The molecular weight excluding hydrogens is 184 g/mol. The topological polar surface area (TPSA) is 93.3 Å². The van der Waals surface area contributed by atoms with Crippen molar-refractivity contribution in [1.29, 1.82) is 5.26 Å². The normalized spacial score (nSPS) is 12.0. The van der Waals surface area contributed by atoms with Crippen molar-refractivity contribution in [1.82, 2.24) is 5.32 Å². The zero-order valence-electron chi connectivity index (χ0n) is 8.66. The van der Waals surface area contributed by atoms with E-state index in [4.69, 9.17) is 15.5 Å². The molecule has 0 aromatic heterocycles. The van der Waals surface area contributed by atoms with E-state index < -0.39 is 16.9 Å². The summed E-state index contributed by atoms with van der Waals surface area (Å²) in [5.74, 6) is -0.509. The van der Waals surface area contributed by atoms with Crippen molar-refractivity contribution < 1.29 is 15.0 Å². The van der Waals surface area contributed by atoms with Crippen molar-refractivity contribution in [2.75, 3.05) is 13.2 Å². The van der Waals surface area contributed by atoms with Gasteiger partial charge in [0.2, 0.25) is 5.91 Å². The molecule has 0 saturated heterocycles. The number of nitriles is 1. The summed E-state index contributed by atoms with van der Waals surface area (Å²) >= 11 is 0. The molecule has 80 valence electrons. The van der Waals surface area contributed by atoms with Gasteiger partial charge in [0.25, 0.3) is 0 Å². The maximum atomic E-state index is 11.5. The average Bonchev–Trinajstić information content (AvgIpc) is 2.17. The fourth-order valence-electron chi connectivity index (χ4n) is 0.610. The number of rotatable bonds is 4. The lowest BCUT2D eigenvalue weighted by Crippen LogP contribution is -2.55. The van der Waals surface area contributed by atoms with E-state index in [9.17, 15) is 4.79 Å². The van der Waals surface area contributed by atoms with Crippen molar-refractivity contribution in [2.45, 2.75) is 26.3 Å². The number of hydrogen-bond acceptors (Lipinski definition) is 4. The maximum Gasteiger partial charge on any atom is 0.240 e. The molecule has 0 bridgehead atoms. The Kier molecular flexibility index (Phi) is 4.05. The molecule has 1 amide bonds. The van der Waals surface area contributed by atoms with Crippen molar-refractivity contribution in [3.05, 3.63) is 0 Å². The van der Waals surface area contributed by atoms with Gasteiger partial charge in [-0.1, -0.05) is 0 Å². The first-order chi connectivity index (χ1) is 6.31. The summed E-state index contributed by atoms with van der Waals surface area (Å²) in [5, 5.41) is 28.9. The average molecular weight is 200 g/mol. The third kappa shape index (κ3) is 2.98. The summed E-state index contributed by atoms with van der Waals surface area (Å²) in [4.78, 5) is 11.5. The Bertz CT molecular complexity index is 251. The van der Waals surface area contributed by atoms with Gasteiger partial charge in [0.1, 0.15) is 5.41 Å². The Morgan fingerprint density at radius 1 is 1.36 bits per heavy atom. The second kappa shape index (κ2) is 4.40. The standard InChI is InChI=1S/C9H16N2O3/c1-8(2,4-10)7(14)11-9(3,5-12)6-13/h12-13H,5-6H2,1-3H3,(H,11,14). The Hall–Kier alpha value is -1.12. The van der Waals surface area contributed by atoms with Crippen LogP contribution in [-0.2, 0) is 4.79 Å². The Morgan fingerprint density at radius 2 is 1.79 bits per heavy atom. The van der Waals surface area contributed by atoms with Crippen LogP contribution in [0.1, 0.15) is 20.8 Å². The van der Waals surface area contributed by atoms with Crippen molar-refractivity contribution in [3.8, 4) is 6.07 Å². The number of hydrogen-bond donors (Lipinski definition) is 3. The van der Waals surface area contributed by atoms with Gasteiger partial charge in [-0.15, -0.1) is 0 Å². The maximum absolute atomic E-state index is 11.5. The van der Waals surface area contributed by atoms with Crippen LogP contribution in [0.2, 0.25) is 0 Å². The van der Waals surface area contributed by atoms with Crippen LogP contribution in [0.3, 0.4) is 0 Å². The largest absolute Gasteiger partial charge is 0.394 e. The van der Waals surface area contributed by atoms with Crippen LogP contribution in [0.4, 0.5) is 0 Å². The molecule has 0 spiro atoms. The molecule has 14 heavy (non-hydrogen) atoms. The lowest BCUT2D eigenvalue weighted by molar-refractivity contribution is -0.129. The molecule has 3 N–H and O–H groups in total. The molecule has 0 heterocycles. The molecule has 0 aliphatic heterocycles. The van der Waals surface area contributed by atoms with Gasteiger partial charge in [0, 0.05) is 0 Å². The quantitative estimate of drug-likeness (QED) is 0.564. The fourth-order valence-corrected chi connectivity index (χ4v) is 0.610. The van der Waals surface area contributed by atoms with Gasteiger partial charge in [-0.05, 0) is 20.8 Å². The summed E-state index contributed by atoms with van der Waals surface area (Å²) in [7, 11) is 0. The van der Waals surface area contributed by atoms with E-state index in [0.29, 0.717) is 0 Å². The highest BCUT2D eigenvalue weighted by molar-refractivity contribution is 5.85. The monoisotopic (exact) mass is 200 g/mol. The van der Waals surface area contributed by atoms with Gasteiger partial charge >= 0.3 is 0 Å². The third-order valence-corrected chi connectivity index (χ3v) is 1.96. The van der Waals surface area contributed by atoms with E-state index in [1.54, 1.807) is 0 Å². The number of aliphatic hydroxyl groups is 2. The first kappa shape index (κ1) is 12.9. The summed E-state index contributed by atoms with van der Waals surface area (Å²) in [6.07, 6.45) is 0. The summed E-state index contributed by atoms with van der Waals surface area (Å²) in [6, 6.07) is 1.84.